The molecule has 0 aromatic carbocycles. The monoisotopic (exact) mass is 289 g/mol. The van der Waals surface area contributed by atoms with Crippen LogP contribution in [-0.4, -0.2) is 71.9 Å². The van der Waals surface area contributed by atoms with E-state index in [1.807, 2.05) is 12.4 Å². The Balaban J connectivity index is 1.65. The molecule has 5 heteroatoms. The van der Waals surface area contributed by atoms with Crippen LogP contribution >= 0.6 is 0 Å². The van der Waals surface area contributed by atoms with Gasteiger partial charge in [0.15, 0.2) is 0 Å². The predicted molar refractivity (Wildman–Crippen MR) is 81.6 cm³/mol. The minimum absolute atomic E-state index is 0.261. The number of aliphatic hydroxyl groups is 1. The van der Waals surface area contributed by atoms with Crippen molar-refractivity contribution in [2.75, 3.05) is 45.9 Å². The summed E-state index contributed by atoms with van der Waals surface area (Å²) < 4.78 is 5.16. The summed E-state index contributed by atoms with van der Waals surface area (Å²) >= 11 is 0. The van der Waals surface area contributed by atoms with E-state index in [2.05, 4.69) is 32.8 Å². The first-order chi connectivity index (χ1) is 10.3. The molecule has 0 saturated carbocycles. The highest BCUT2D eigenvalue weighted by Gasteiger charge is 2.19. The highest BCUT2D eigenvalue weighted by molar-refractivity contribution is 5.09. The van der Waals surface area contributed by atoms with Crippen LogP contribution in [0.5, 0.6) is 0 Å². The summed E-state index contributed by atoms with van der Waals surface area (Å²) in [6, 6.07) is 4.11. The van der Waals surface area contributed by atoms with Gasteiger partial charge in [0.1, 0.15) is 6.61 Å². The molecule has 1 saturated heterocycles. The molecule has 1 atom stereocenters. The maximum Gasteiger partial charge on any atom is 0.107 e. The average Bonchev–Trinajstić information content (AvgIpc) is 2.51. The minimum Gasteiger partial charge on any atom is -0.389 e. The summed E-state index contributed by atoms with van der Waals surface area (Å²) in [5.41, 5.74) is 1.29. The first kappa shape index (κ1) is 15.9. The number of terminal acetylenes is 1. The maximum atomic E-state index is 9.87. The van der Waals surface area contributed by atoms with Crippen molar-refractivity contribution < 1.29 is 9.84 Å². The molecule has 1 aromatic heterocycles. The van der Waals surface area contributed by atoms with E-state index in [1.165, 1.54) is 5.56 Å². The van der Waals surface area contributed by atoms with Crippen molar-refractivity contribution in [3.63, 3.8) is 0 Å². The van der Waals surface area contributed by atoms with Crippen LogP contribution in [0.25, 0.3) is 0 Å². The number of pyridine rings is 1. The van der Waals surface area contributed by atoms with Gasteiger partial charge in [0.2, 0.25) is 0 Å². The number of nitrogens with zero attached hydrogens (tertiary/aromatic N) is 3. The topological polar surface area (TPSA) is 48.8 Å². The molecule has 0 aliphatic carbocycles. The Labute approximate surface area is 126 Å². The van der Waals surface area contributed by atoms with Crippen LogP contribution in [0.4, 0.5) is 0 Å². The third-order valence-corrected chi connectivity index (χ3v) is 3.59. The molecule has 21 heavy (non-hydrogen) atoms. The summed E-state index contributed by atoms with van der Waals surface area (Å²) in [7, 11) is 0. The molecule has 1 aliphatic rings. The van der Waals surface area contributed by atoms with E-state index in [0.717, 1.165) is 32.7 Å². The molecule has 0 radical (unpaired) electrons. The first-order valence-corrected chi connectivity index (χ1v) is 7.31. The molecule has 0 spiro atoms. The Morgan fingerprint density at radius 2 is 1.90 bits per heavy atom. The van der Waals surface area contributed by atoms with Gasteiger partial charge in [-0.3, -0.25) is 14.8 Å². The van der Waals surface area contributed by atoms with Crippen LogP contribution in [0.3, 0.4) is 0 Å². The fourth-order valence-electron chi connectivity index (χ4n) is 2.48. The molecular formula is C16H23N3O2. The molecule has 1 fully saturated rings. The van der Waals surface area contributed by atoms with Crippen LogP contribution in [-0.2, 0) is 11.3 Å². The maximum absolute atomic E-state index is 9.87. The highest BCUT2D eigenvalue weighted by Crippen LogP contribution is 2.08. The molecular weight excluding hydrogens is 266 g/mol. The summed E-state index contributed by atoms with van der Waals surface area (Å²) in [6.07, 6.45) is 8.30. The van der Waals surface area contributed by atoms with E-state index in [1.54, 1.807) is 0 Å². The Morgan fingerprint density at radius 1 is 1.24 bits per heavy atom. The second-order valence-corrected chi connectivity index (χ2v) is 5.31. The Morgan fingerprint density at radius 3 is 2.57 bits per heavy atom. The number of hydrogen-bond acceptors (Lipinski definition) is 5. The van der Waals surface area contributed by atoms with Crippen molar-refractivity contribution in [2.45, 2.75) is 12.6 Å². The molecule has 114 valence electrons. The number of piperazine rings is 1. The van der Waals surface area contributed by atoms with E-state index in [-0.39, 0.29) is 6.61 Å². The van der Waals surface area contributed by atoms with Gasteiger partial charge in [0.05, 0.1) is 12.7 Å². The van der Waals surface area contributed by atoms with Gasteiger partial charge >= 0.3 is 0 Å². The van der Waals surface area contributed by atoms with E-state index in [9.17, 15) is 5.11 Å². The molecule has 2 rings (SSSR count). The lowest BCUT2D eigenvalue weighted by molar-refractivity contribution is 0.0154. The number of β-amino-alcohol motifs (C(OH)–C–C–N with tert-alkyl or cyclic N) is 1. The molecule has 1 N–H and O–H groups in total. The summed E-state index contributed by atoms with van der Waals surface area (Å²) in [5, 5.41) is 9.87. The predicted octanol–water partition coefficient (Wildman–Crippen LogP) is 0.210. The van der Waals surface area contributed by atoms with Crippen LogP contribution in [0.15, 0.2) is 24.5 Å². The van der Waals surface area contributed by atoms with Crippen molar-refractivity contribution in [3.05, 3.63) is 30.1 Å². The standard InChI is InChI=1S/C16H23N3O2/c1-2-11-21-14-16(20)13-19-9-7-18(8-10-19)12-15-3-5-17-6-4-15/h1,3-6,16,20H,7-14H2. The van der Waals surface area contributed by atoms with Gasteiger partial charge in [-0.25, -0.2) is 0 Å². The normalized spacial score (nSPS) is 18.3. The van der Waals surface area contributed by atoms with Gasteiger partial charge in [-0.1, -0.05) is 5.92 Å². The van der Waals surface area contributed by atoms with Gasteiger partial charge in [-0.15, -0.1) is 6.42 Å². The van der Waals surface area contributed by atoms with Crippen molar-refractivity contribution in [2.24, 2.45) is 0 Å². The lowest BCUT2D eigenvalue weighted by Gasteiger charge is -2.35. The van der Waals surface area contributed by atoms with E-state index in [0.29, 0.717) is 13.2 Å². The Bertz CT molecular complexity index is 439. The van der Waals surface area contributed by atoms with E-state index in [4.69, 9.17) is 11.2 Å². The van der Waals surface area contributed by atoms with Crippen molar-refractivity contribution in [1.82, 2.24) is 14.8 Å². The lowest BCUT2D eigenvalue weighted by Crippen LogP contribution is -2.48. The van der Waals surface area contributed by atoms with Gasteiger partial charge in [-0.05, 0) is 17.7 Å². The van der Waals surface area contributed by atoms with Gasteiger partial charge in [-0.2, -0.15) is 0 Å². The molecule has 1 aliphatic heterocycles. The van der Waals surface area contributed by atoms with Gasteiger partial charge in [0, 0.05) is 51.7 Å². The number of aromatic nitrogens is 1. The lowest BCUT2D eigenvalue weighted by atomic mass is 10.2. The molecule has 1 aromatic rings. The fourth-order valence-corrected chi connectivity index (χ4v) is 2.48. The zero-order chi connectivity index (χ0) is 14.9. The number of hydrogen-bond donors (Lipinski definition) is 1. The van der Waals surface area contributed by atoms with Crippen molar-refractivity contribution >= 4 is 0 Å². The largest absolute Gasteiger partial charge is 0.389 e. The van der Waals surface area contributed by atoms with Gasteiger partial charge < -0.3 is 9.84 Å². The first-order valence-electron chi connectivity index (χ1n) is 7.31. The van der Waals surface area contributed by atoms with Gasteiger partial charge in [0.25, 0.3) is 0 Å². The zero-order valence-electron chi connectivity index (χ0n) is 12.3. The zero-order valence-corrected chi connectivity index (χ0v) is 12.3. The molecule has 5 nitrogen and oxygen atoms in total. The molecule has 2 heterocycles. The molecule has 0 amide bonds. The highest BCUT2D eigenvalue weighted by atomic mass is 16.5. The summed E-state index contributed by atoms with van der Waals surface area (Å²) in [5.74, 6) is 2.40. The quantitative estimate of drug-likeness (QED) is 0.574. The number of rotatable bonds is 7. The van der Waals surface area contributed by atoms with Crippen LogP contribution in [0.2, 0.25) is 0 Å². The third-order valence-electron chi connectivity index (χ3n) is 3.59. The van der Waals surface area contributed by atoms with E-state index < -0.39 is 6.10 Å². The Hall–Kier alpha value is -1.45. The molecule has 1 unspecified atom stereocenters. The van der Waals surface area contributed by atoms with Crippen LogP contribution in [0, 0.1) is 12.3 Å². The smallest absolute Gasteiger partial charge is 0.107 e. The van der Waals surface area contributed by atoms with E-state index >= 15 is 0 Å². The van der Waals surface area contributed by atoms with Crippen molar-refractivity contribution in [1.29, 1.82) is 0 Å². The van der Waals surface area contributed by atoms with Crippen molar-refractivity contribution in [3.8, 4) is 12.3 Å². The average molecular weight is 289 g/mol. The number of ether oxygens (including phenoxy) is 1. The SMILES string of the molecule is C#CCOCC(O)CN1CCN(Cc2ccncc2)CC1. The van der Waals surface area contributed by atoms with Crippen LogP contribution in [0.1, 0.15) is 5.56 Å². The fraction of sp³-hybridized carbons (Fsp3) is 0.562. The number of aliphatic hydroxyl groups excluding tert-OH is 1. The minimum atomic E-state index is -0.468. The third kappa shape index (κ3) is 5.82. The second-order valence-electron chi connectivity index (χ2n) is 5.31. The Kier molecular flexibility index (Phi) is 6.64. The summed E-state index contributed by atoms with van der Waals surface area (Å²) in [4.78, 5) is 8.73. The molecule has 0 bridgehead atoms. The second kappa shape index (κ2) is 8.75. The summed E-state index contributed by atoms with van der Waals surface area (Å²) in [6.45, 7) is 6.14. The van der Waals surface area contributed by atoms with Crippen LogP contribution < -0.4 is 0 Å².